The van der Waals surface area contributed by atoms with Crippen molar-refractivity contribution in [2.45, 2.75) is 40.8 Å². The average molecular weight is 277 g/mol. The molecule has 1 aromatic carbocycles. The number of benzene rings is 1. The highest BCUT2D eigenvalue weighted by molar-refractivity contribution is 6.30. The molecule has 0 atom stereocenters. The molecular weight excluding hydrogens is 256 g/mol. The molecule has 0 spiro atoms. The summed E-state index contributed by atoms with van der Waals surface area (Å²) < 4.78 is 2.34. The molecule has 0 amide bonds. The first-order valence-corrected chi connectivity index (χ1v) is 7.06. The van der Waals surface area contributed by atoms with Crippen molar-refractivity contribution in [2.24, 2.45) is 0 Å². The molecule has 0 aliphatic rings. The quantitative estimate of drug-likeness (QED) is 0.857. The third-order valence-corrected chi connectivity index (χ3v) is 3.90. The highest BCUT2D eigenvalue weighted by atomic mass is 35.5. The first-order valence-electron chi connectivity index (χ1n) is 6.68. The van der Waals surface area contributed by atoms with E-state index in [9.17, 15) is 0 Å². The van der Waals surface area contributed by atoms with Crippen LogP contribution in [0.15, 0.2) is 24.3 Å². The van der Waals surface area contributed by atoms with E-state index in [0.29, 0.717) is 0 Å². The van der Waals surface area contributed by atoms with Crippen LogP contribution in [0, 0.1) is 20.8 Å². The Bertz CT molecular complexity index is 585. The van der Waals surface area contributed by atoms with E-state index in [-0.39, 0.29) is 0 Å². The molecule has 0 aliphatic heterocycles. The van der Waals surface area contributed by atoms with Gasteiger partial charge in [-0.2, -0.15) is 0 Å². The number of anilines is 1. The normalized spacial score (nSPS) is 10.8. The lowest BCUT2D eigenvalue weighted by Gasteiger charge is -2.10. The van der Waals surface area contributed by atoms with E-state index < -0.39 is 0 Å². The van der Waals surface area contributed by atoms with Gasteiger partial charge in [-0.25, -0.2) is 0 Å². The largest absolute Gasteiger partial charge is 0.381 e. The lowest BCUT2D eigenvalue weighted by molar-refractivity contribution is 0.715. The summed E-state index contributed by atoms with van der Waals surface area (Å²) in [6.45, 7) is 10.5. The van der Waals surface area contributed by atoms with Gasteiger partial charge in [0.1, 0.15) is 0 Å². The Balaban J connectivity index is 2.17. The summed E-state index contributed by atoms with van der Waals surface area (Å²) >= 11 is 6.04. The predicted octanol–water partition coefficient (Wildman–Crippen LogP) is 4.70. The van der Waals surface area contributed by atoms with E-state index in [0.717, 1.165) is 23.8 Å². The summed E-state index contributed by atoms with van der Waals surface area (Å²) in [4.78, 5) is 0. The fraction of sp³-hybridized carbons (Fsp3) is 0.375. The number of nitrogens with one attached hydrogen (secondary N) is 1. The molecule has 2 nitrogen and oxygen atoms in total. The molecule has 102 valence electrons. The zero-order valence-electron chi connectivity index (χ0n) is 12.0. The van der Waals surface area contributed by atoms with Crippen LogP contribution >= 0.6 is 11.6 Å². The van der Waals surface area contributed by atoms with Crippen LogP contribution in [0.4, 0.5) is 5.69 Å². The number of hydrogen-bond donors (Lipinski definition) is 1. The number of halogens is 1. The molecular formula is C16H21ClN2. The number of rotatable bonds is 4. The summed E-state index contributed by atoms with van der Waals surface area (Å²) in [6, 6.07) is 8.20. The molecule has 2 aromatic rings. The highest BCUT2D eigenvalue weighted by Gasteiger charge is 2.08. The number of hydrogen-bond acceptors (Lipinski definition) is 1. The topological polar surface area (TPSA) is 17.0 Å². The molecule has 1 heterocycles. The van der Waals surface area contributed by atoms with Crippen LogP contribution in [0.5, 0.6) is 0 Å². The van der Waals surface area contributed by atoms with E-state index >= 15 is 0 Å². The molecule has 1 N–H and O–H groups in total. The van der Waals surface area contributed by atoms with Crippen LogP contribution < -0.4 is 5.32 Å². The first-order chi connectivity index (χ1) is 9.02. The Hall–Kier alpha value is -1.41. The molecule has 0 unspecified atom stereocenters. The third kappa shape index (κ3) is 2.95. The van der Waals surface area contributed by atoms with Gasteiger partial charge in [0.2, 0.25) is 0 Å². The lowest BCUT2D eigenvalue weighted by atomic mass is 10.2. The summed E-state index contributed by atoms with van der Waals surface area (Å²) in [6.07, 6.45) is 0. The maximum Gasteiger partial charge on any atom is 0.0426 e. The fourth-order valence-electron chi connectivity index (χ4n) is 2.51. The van der Waals surface area contributed by atoms with Crippen molar-refractivity contribution in [3.8, 4) is 0 Å². The van der Waals surface area contributed by atoms with Crippen LogP contribution in [0.2, 0.25) is 5.02 Å². The van der Waals surface area contributed by atoms with Crippen LogP contribution in [0.3, 0.4) is 0 Å². The van der Waals surface area contributed by atoms with Crippen molar-refractivity contribution in [3.05, 3.63) is 51.8 Å². The van der Waals surface area contributed by atoms with E-state index in [4.69, 9.17) is 11.6 Å². The highest BCUT2D eigenvalue weighted by Crippen LogP contribution is 2.22. The van der Waals surface area contributed by atoms with Crippen LogP contribution in [0.25, 0.3) is 0 Å². The monoisotopic (exact) mass is 276 g/mol. The van der Waals surface area contributed by atoms with Crippen molar-refractivity contribution < 1.29 is 0 Å². The van der Waals surface area contributed by atoms with Crippen LogP contribution in [-0.2, 0) is 13.1 Å². The standard InChI is InChI=1S/C16H21ClN2/c1-5-19-12(3)8-14(13(19)4)10-18-16-9-15(17)7-6-11(16)2/h6-9,18H,5,10H2,1-4H3. The van der Waals surface area contributed by atoms with Gasteiger partial charge in [-0.1, -0.05) is 17.7 Å². The zero-order chi connectivity index (χ0) is 14.0. The second-order valence-corrected chi connectivity index (χ2v) is 5.39. The molecule has 0 aliphatic carbocycles. The SMILES string of the molecule is CCn1c(C)cc(CNc2cc(Cl)ccc2C)c1C. The number of aryl methyl sites for hydroxylation is 2. The summed E-state index contributed by atoms with van der Waals surface area (Å²) in [5, 5.41) is 4.25. The Kier molecular flexibility index (Phi) is 4.20. The molecule has 19 heavy (non-hydrogen) atoms. The van der Waals surface area contributed by atoms with Gasteiger partial charge in [0.05, 0.1) is 0 Å². The predicted molar refractivity (Wildman–Crippen MR) is 83.1 cm³/mol. The van der Waals surface area contributed by atoms with Crippen molar-refractivity contribution in [1.29, 1.82) is 0 Å². The third-order valence-electron chi connectivity index (χ3n) is 3.66. The van der Waals surface area contributed by atoms with Crippen molar-refractivity contribution in [3.63, 3.8) is 0 Å². The molecule has 3 heteroatoms. The zero-order valence-corrected chi connectivity index (χ0v) is 12.8. The minimum Gasteiger partial charge on any atom is -0.381 e. The lowest BCUT2D eigenvalue weighted by Crippen LogP contribution is -2.04. The van der Waals surface area contributed by atoms with E-state index in [1.807, 2.05) is 18.2 Å². The molecule has 0 bridgehead atoms. The second-order valence-electron chi connectivity index (χ2n) is 4.95. The Morgan fingerprint density at radius 3 is 2.53 bits per heavy atom. The minimum atomic E-state index is 0.770. The van der Waals surface area contributed by atoms with Gasteiger partial charge in [-0.15, -0.1) is 0 Å². The second kappa shape index (κ2) is 5.70. The van der Waals surface area contributed by atoms with Gasteiger partial charge >= 0.3 is 0 Å². The van der Waals surface area contributed by atoms with Crippen LogP contribution in [-0.4, -0.2) is 4.57 Å². The summed E-state index contributed by atoms with van der Waals surface area (Å²) in [7, 11) is 0. The number of aromatic nitrogens is 1. The smallest absolute Gasteiger partial charge is 0.0426 e. The van der Waals surface area contributed by atoms with Gasteiger partial charge in [0.15, 0.2) is 0 Å². The maximum atomic E-state index is 6.04. The molecule has 0 saturated carbocycles. The summed E-state index contributed by atoms with van der Waals surface area (Å²) in [5.41, 5.74) is 6.33. The van der Waals surface area contributed by atoms with E-state index in [1.54, 1.807) is 0 Å². The average Bonchev–Trinajstić information content (AvgIpc) is 2.65. The Morgan fingerprint density at radius 2 is 1.89 bits per heavy atom. The number of nitrogens with zero attached hydrogens (tertiary/aromatic N) is 1. The maximum absolute atomic E-state index is 6.04. The Labute approximate surface area is 120 Å². The molecule has 0 radical (unpaired) electrons. The molecule has 0 fully saturated rings. The molecule has 1 aromatic heterocycles. The molecule has 0 saturated heterocycles. The minimum absolute atomic E-state index is 0.770. The van der Waals surface area contributed by atoms with E-state index in [2.05, 4.69) is 43.6 Å². The van der Waals surface area contributed by atoms with Gasteiger partial charge < -0.3 is 9.88 Å². The van der Waals surface area contributed by atoms with Gasteiger partial charge in [0, 0.05) is 35.2 Å². The van der Waals surface area contributed by atoms with Crippen LogP contribution in [0.1, 0.15) is 29.4 Å². The van der Waals surface area contributed by atoms with Gasteiger partial charge in [-0.05, 0) is 57.0 Å². The van der Waals surface area contributed by atoms with E-state index in [1.165, 1.54) is 22.5 Å². The molecule has 2 rings (SSSR count). The van der Waals surface area contributed by atoms with Crippen molar-refractivity contribution in [2.75, 3.05) is 5.32 Å². The van der Waals surface area contributed by atoms with Crippen molar-refractivity contribution >= 4 is 17.3 Å². The summed E-state index contributed by atoms with van der Waals surface area (Å²) in [5.74, 6) is 0. The van der Waals surface area contributed by atoms with Crippen molar-refractivity contribution in [1.82, 2.24) is 4.57 Å². The fourth-order valence-corrected chi connectivity index (χ4v) is 2.69. The first kappa shape index (κ1) is 14.0. The van der Waals surface area contributed by atoms with Gasteiger partial charge in [0.25, 0.3) is 0 Å². The van der Waals surface area contributed by atoms with Gasteiger partial charge in [-0.3, -0.25) is 0 Å². The Morgan fingerprint density at radius 1 is 1.16 bits per heavy atom.